The van der Waals surface area contributed by atoms with E-state index in [1.165, 1.54) is 24.6 Å². The number of para-hydroxylation sites is 1. The van der Waals surface area contributed by atoms with Gasteiger partial charge in [0.2, 0.25) is 12.3 Å². The minimum Gasteiger partial charge on any atom is -0.479 e. The SMILES string of the molecule is O=C(COc1ccccc1F)Oc1ccc(-c2nnco2)cc1. The molecule has 0 fully saturated rings. The Morgan fingerprint density at radius 1 is 1.13 bits per heavy atom. The van der Waals surface area contributed by atoms with Gasteiger partial charge in [-0.1, -0.05) is 12.1 Å². The van der Waals surface area contributed by atoms with Crippen LogP contribution in [0.2, 0.25) is 0 Å². The molecule has 6 nitrogen and oxygen atoms in total. The van der Waals surface area contributed by atoms with Gasteiger partial charge < -0.3 is 13.9 Å². The first-order valence-corrected chi connectivity index (χ1v) is 6.67. The van der Waals surface area contributed by atoms with Gasteiger partial charge in [0.25, 0.3) is 0 Å². The van der Waals surface area contributed by atoms with E-state index >= 15 is 0 Å². The summed E-state index contributed by atoms with van der Waals surface area (Å²) in [4.78, 5) is 11.7. The summed E-state index contributed by atoms with van der Waals surface area (Å²) in [6, 6.07) is 12.3. The van der Waals surface area contributed by atoms with Crippen molar-refractivity contribution in [3.63, 3.8) is 0 Å². The maximum atomic E-state index is 13.3. The quantitative estimate of drug-likeness (QED) is 0.532. The summed E-state index contributed by atoms with van der Waals surface area (Å²) in [6.07, 6.45) is 1.23. The molecule has 0 atom stereocenters. The molecule has 0 spiro atoms. The molecule has 23 heavy (non-hydrogen) atoms. The summed E-state index contributed by atoms with van der Waals surface area (Å²) in [5.74, 6) is -0.486. The number of hydrogen-bond donors (Lipinski definition) is 0. The summed E-state index contributed by atoms with van der Waals surface area (Å²) in [5.41, 5.74) is 0.699. The maximum absolute atomic E-state index is 13.3. The zero-order valence-electron chi connectivity index (χ0n) is 11.8. The van der Waals surface area contributed by atoms with E-state index < -0.39 is 18.4 Å². The molecule has 0 unspecified atom stereocenters. The zero-order chi connectivity index (χ0) is 16.1. The molecule has 0 N–H and O–H groups in total. The minimum absolute atomic E-state index is 0.00353. The van der Waals surface area contributed by atoms with Gasteiger partial charge in [-0.05, 0) is 36.4 Å². The molecule has 1 aromatic heterocycles. The lowest BCUT2D eigenvalue weighted by atomic mass is 10.2. The molecule has 116 valence electrons. The van der Waals surface area contributed by atoms with Gasteiger partial charge in [0.05, 0.1) is 0 Å². The van der Waals surface area contributed by atoms with Crippen molar-refractivity contribution in [1.82, 2.24) is 10.2 Å². The number of halogens is 1. The molecule has 0 saturated heterocycles. The molecule has 7 heteroatoms. The molecular weight excluding hydrogens is 303 g/mol. The fourth-order valence-corrected chi connectivity index (χ4v) is 1.82. The third-order valence-corrected chi connectivity index (χ3v) is 2.88. The number of rotatable bonds is 5. The first-order chi connectivity index (χ1) is 11.2. The largest absolute Gasteiger partial charge is 0.479 e. The summed E-state index contributed by atoms with van der Waals surface area (Å²) >= 11 is 0. The number of esters is 1. The Morgan fingerprint density at radius 3 is 2.61 bits per heavy atom. The standard InChI is InChI=1S/C16H11FN2O4/c17-13-3-1-2-4-14(13)21-9-15(20)23-12-7-5-11(6-8-12)16-19-18-10-22-16/h1-8,10H,9H2. The van der Waals surface area contributed by atoms with Gasteiger partial charge in [-0.2, -0.15) is 0 Å². The Bertz CT molecular complexity index is 788. The Balaban J connectivity index is 1.57. The van der Waals surface area contributed by atoms with Crippen LogP contribution >= 0.6 is 0 Å². The number of hydrogen-bond acceptors (Lipinski definition) is 6. The van der Waals surface area contributed by atoms with Gasteiger partial charge in [0.15, 0.2) is 18.2 Å². The molecule has 1 heterocycles. The fourth-order valence-electron chi connectivity index (χ4n) is 1.82. The van der Waals surface area contributed by atoms with Gasteiger partial charge in [-0.25, -0.2) is 9.18 Å². The number of benzene rings is 2. The van der Waals surface area contributed by atoms with E-state index in [4.69, 9.17) is 13.9 Å². The lowest BCUT2D eigenvalue weighted by molar-refractivity contribution is -0.136. The summed E-state index contributed by atoms with van der Waals surface area (Å²) < 4.78 is 28.6. The van der Waals surface area contributed by atoms with E-state index in [2.05, 4.69) is 10.2 Å². The first-order valence-electron chi connectivity index (χ1n) is 6.67. The van der Waals surface area contributed by atoms with Crippen molar-refractivity contribution in [1.29, 1.82) is 0 Å². The molecule has 3 rings (SSSR count). The van der Waals surface area contributed by atoms with Gasteiger partial charge in [-0.3, -0.25) is 0 Å². The highest BCUT2D eigenvalue weighted by atomic mass is 19.1. The molecule has 0 aliphatic heterocycles. The number of ether oxygens (including phenoxy) is 2. The molecule has 0 amide bonds. The second kappa shape index (κ2) is 6.69. The van der Waals surface area contributed by atoms with Gasteiger partial charge >= 0.3 is 5.97 Å². The fraction of sp³-hybridized carbons (Fsp3) is 0.0625. The topological polar surface area (TPSA) is 74.5 Å². The molecule has 3 aromatic rings. The van der Waals surface area contributed by atoms with Crippen LogP contribution in [-0.2, 0) is 4.79 Å². The molecule has 2 aromatic carbocycles. The Labute approximate surface area is 130 Å². The zero-order valence-corrected chi connectivity index (χ0v) is 11.8. The second-order valence-corrected chi connectivity index (χ2v) is 4.46. The molecule has 0 saturated carbocycles. The van der Waals surface area contributed by atoms with Crippen LogP contribution in [0.4, 0.5) is 4.39 Å². The molecule has 0 aliphatic carbocycles. The van der Waals surface area contributed by atoms with E-state index in [0.717, 1.165) is 0 Å². The normalized spacial score (nSPS) is 10.3. The van der Waals surface area contributed by atoms with E-state index in [9.17, 15) is 9.18 Å². The van der Waals surface area contributed by atoms with Crippen molar-refractivity contribution >= 4 is 5.97 Å². The average molecular weight is 314 g/mol. The van der Waals surface area contributed by atoms with Crippen LogP contribution in [0, 0.1) is 5.82 Å². The predicted octanol–water partition coefficient (Wildman–Crippen LogP) is 2.86. The average Bonchev–Trinajstić information content (AvgIpc) is 3.09. The number of carbonyl (C=O) groups excluding carboxylic acids is 1. The second-order valence-electron chi connectivity index (χ2n) is 4.46. The van der Waals surface area contributed by atoms with Gasteiger partial charge in [0, 0.05) is 5.56 Å². The Kier molecular flexibility index (Phi) is 4.28. The summed E-state index contributed by atoms with van der Waals surface area (Å²) in [6.45, 7) is -0.396. The molecule has 0 bridgehead atoms. The number of aromatic nitrogens is 2. The van der Waals surface area contributed by atoms with Crippen LogP contribution in [0.5, 0.6) is 11.5 Å². The van der Waals surface area contributed by atoms with Crippen LogP contribution < -0.4 is 9.47 Å². The molecule has 0 aliphatic rings. The highest BCUT2D eigenvalue weighted by molar-refractivity contribution is 5.74. The number of nitrogens with zero attached hydrogens (tertiary/aromatic N) is 2. The van der Waals surface area contributed by atoms with E-state index in [-0.39, 0.29) is 5.75 Å². The highest BCUT2D eigenvalue weighted by Gasteiger charge is 2.09. The first kappa shape index (κ1) is 14.7. The lowest BCUT2D eigenvalue weighted by Gasteiger charge is -2.07. The van der Waals surface area contributed by atoms with Crippen molar-refractivity contribution in [2.75, 3.05) is 6.61 Å². The minimum atomic E-state index is -0.640. The van der Waals surface area contributed by atoms with Crippen molar-refractivity contribution in [2.45, 2.75) is 0 Å². The summed E-state index contributed by atoms with van der Waals surface area (Å²) in [7, 11) is 0. The Morgan fingerprint density at radius 2 is 1.91 bits per heavy atom. The van der Waals surface area contributed by atoms with Crippen LogP contribution in [0.3, 0.4) is 0 Å². The monoisotopic (exact) mass is 314 g/mol. The van der Waals surface area contributed by atoms with E-state index in [1.54, 1.807) is 30.3 Å². The maximum Gasteiger partial charge on any atom is 0.349 e. The summed E-state index contributed by atoms with van der Waals surface area (Å²) in [5, 5.41) is 7.35. The smallest absolute Gasteiger partial charge is 0.349 e. The number of carbonyl (C=O) groups is 1. The van der Waals surface area contributed by atoms with Gasteiger partial charge in [-0.15, -0.1) is 10.2 Å². The van der Waals surface area contributed by atoms with Crippen molar-refractivity contribution in [2.24, 2.45) is 0 Å². The lowest BCUT2D eigenvalue weighted by Crippen LogP contribution is -2.18. The van der Waals surface area contributed by atoms with Crippen LogP contribution in [0.25, 0.3) is 11.5 Å². The van der Waals surface area contributed by atoms with Gasteiger partial charge in [0.1, 0.15) is 5.75 Å². The molecule has 0 radical (unpaired) electrons. The van der Waals surface area contributed by atoms with Crippen molar-refractivity contribution in [3.8, 4) is 23.0 Å². The third-order valence-electron chi connectivity index (χ3n) is 2.88. The predicted molar refractivity (Wildman–Crippen MR) is 77.3 cm³/mol. The third kappa shape index (κ3) is 3.70. The van der Waals surface area contributed by atoms with Crippen LogP contribution in [-0.4, -0.2) is 22.8 Å². The Hall–Kier alpha value is -3.22. The van der Waals surface area contributed by atoms with E-state index in [1.807, 2.05) is 0 Å². The van der Waals surface area contributed by atoms with Crippen LogP contribution in [0.1, 0.15) is 0 Å². The van der Waals surface area contributed by atoms with Crippen molar-refractivity contribution < 1.29 is 23.1 Å². The van der Waals surface area contributed by atoms with Crippen LogP contribution in [0.15, 0.2) is 59.3 Å². The highest BCUT2D eigenvalue weighted by Crippen LogP contribution is 2.20. The van der Waals surface area contributed by atoms with E-state index in [0.29, 0.717) is 17.2 Å². The van der Waals surface area contributed by atoms with Crippen molar-refractivity contribution in [3.05, 3.63) is 60.7 Å². The molecular formula is C16H11FN2O4.